The highest BCUT2D eigenvalue weighted by molar-refractivity contribution is 6.00. The molecule has 0 saturated carbocycles. The van der Waals surface area contributed by atoms with Crippen LogP contribution in [0, 0.1) is 0 Å². The number of benzene rings is 3. The molecule has 0 bridgehead atoms. The fraction of sp³-hybridized carbons (Fsp3) is 0.222. The molecule has 148 valence electrons. The van der Waals surface area contributed by atoms with Gasteiger partial charge in [-0.3, -0.25) is 4.79 Å². The average molecular weight is 394 g/mol. The number of ether oxygens (including phenoxy) is 2. The second-order valence-electron chi connectivity index (χ2n) is 8.25. The van der Waals surface area contributed by atoms with Crippen molar-refractivity contribution in [3.63, 3.8) is 0 Å². The Kier molecular flexibility index (Phi) is 3.70. The van der Waals surface area contributed by atoms with Crippen molar-refractivity contribution in [2.45, 2.75) is 30.8 Å². The summed E-state index contributed by atoms with van der Waals surface area (Å²) in [4.78, 5) is 13.2. The SMILES string of the molecule is COc1ccc(C2C3=C(CCCC3=O)OC23c2ccccc2-c2ccccc23)cc1. The van der Waals surface area contributed by atoms with Crippen LogP contribution in [0.4, 0.5) is 0 Å². The van der Waals surface area contributed by atoms with Gasteiger partial charge in [-0.25, -0.2) is 0 Å². The first kappa shape index (κ1) is 17.5. The highest BCUT2D eigenvalue weighted by Crippen LogP contribution is 2.63. The lowest BCUT2D eigenvalue weighted by molar-refractivity contribution is -0.116. The van der Waals surface area contributed by atoms with Crippen molar-refractivity contribution in [3.05, 3.63) is 101 Å². The quantitative estimate of drug-likeness (QED) is 0.556. The molecule has 0 saturated heterocycles. The molecule has 6 rings (SSSR count). The maximum atomic E-state index is 13.2. The summed E-state index contributed by atoms with van der Waals surface area (Å²) in [5.74, 6) is 1.73. The monoisotopic (exact) mass is 394 g/mol. The molecule has 1 spiro atoms. The van der Waals surface area contributed by atoms with E-state index in [1.54, 1.807) is 7.11 Å². The van der Waals surface area contributed by atoms with Crippen molar-refractivity contribution in [1.82, 2.24) is 0 Å². The predicted molar refractivity (Wildman–Crippen MR) is 115 cm³/mol. The molecule has 3 aromatic carbocycles. The summed E-state index contributed by atoms with van der Waals surface area (Å²) >= 11 is 0. The zero-order chi connectivity index (χ0) is 20.3. The Morgan fingerprint density at radius 2 is 1.50 bits per heavy atom. The first-order valence-electron chi connectivity index (χ1n) is 10.5. The van der Waals surface area contributed by atoms with E-state index in [2.05, 4.69) is 60.7 Å². The lowest BCUT2D eigenvalue weighted by atomic mass is 9.71. The van der Waals surface area contributed by atoms with E-state index in [0.29, 0.717) is 6.42 Å². The molecule has 2 aliphatic carbocycles. The van der Waals surface area contributed by atoms with Gasteiger partial charge in [0.25, 0.3) is 0 Å². The number of hydrogen-bond acceptors (Lipinski definition) is 3. The van der Waals surface area contributed by atoms with Gasteiger partial charge >= 0.3 is 0 Å². The molecule has 0 fully saturated rings. The molecule has 30 heavy (non-hydrogen) atoms. The van der Waals surface area contributed by atoms with Crippen LogP contribution in [-0.2, 0) is 15.1 Å². The normalized spacial score (nSPS) is 20.6. The molecule has 1 aliphatic heterocycles. The minimum absolute atomic E-state index is 0.170. The van der Waals surface area contributed by atoms with Crippen LogP contribution in [-0.4, -0.2) is 12.9 Å². The molecule has 3 aliphatic rings. The van der Waals surface area contributed by atoms with Gasteiger partial charge in [0, 0.05) is 29.5 Å². The molecule has 0 aromatic heterocycles. The lowest BCUT2D eigenvalue weighted by Crippen LogP contribution is -2.33. The Balaban J connectivity index is 1.66. The highest BCUT2D eigenvalue weighted by atomic mass is 16.5. The number of carbonyl (C=O) groups is 1. The van der Waals surface area contributed by atoms with Gasteiger partial charge in [-0.1, -0.05) is 60.7 Å². The third kappa shape index (κ3) is 2.18. The van der Waals surface area contributed by atoms with Crippen molar-refractivity contribution in [1.29, 1.82) is 0 Å². The molecule has 1 heterocycles. The first-order chi connectivity index (χ1) is 14.7. The number of Topliss-reactive ketones (excluding diaryl/α,β-unsaturated/α-hetero) is 1. The fourth-order valence-corrected chi connectivity index (χ4v) is 5.57. The van der Waals surface area contributed by atoms with Gasteiger partial charge in [0.2, 0.25) is 0 Å². The molecule has 0 radical (unpaired) electrons. The third-order valence-electron chi connectivity index (χ3n) is 6.78. The van der Waals surface area contributed by atoms with Crippen molar-refractivity contribution < 1.29 is 14.3 Å². The minimum atomic E-state index is -0.702. The maximum Gasteiger partial charge on any atom is 0.171 e. The van der Waals surface area contributed by atoms with Gasteiger partial charge < -0.3 is 9.47 Å². The largest absolute Gasteiger partial charge is 0.497 e. The maximum absolute atomic E-state index is 13.2. The number of hydrogen-bond donors (Lipinski definition) is 0. The highest BCUT2D eigenvalue weighted by Gasteiger charge is 2.59. The summed E-state index contributed by atoms with van der Waals surface area (Å²) in [6, 6.07) is 25.0. The molecule has 3 heteroatoms. The van der Waals surface area contributed by atoms with Crippen LogP contribution < -0.4 is 4.74 Å². The fourth-order valence-electron chi connectivity index (χ4n) is 5.57. The number of carbonyl (C=O) groups excluding carboxylic acids is 1. The second kappa shape index (κ2) is 6.33. The van der Waals surface area contributed by atoms with E-state index in [1.807, 2.05) is 12.1 Å². The van der Waals surface area contributed by atoms with Crippen LogP contribution >= 0.6 is 0 Å². The molecular formula is C27H22O3. The lowest BCUT2D eigenvalue weighted by Gasteiger charge is -2.34. The molecule has 0 N–H and O–H groups in total. The van der Waals surface area contributed by atoms with Crippen LogP contribution in [0.15, 0.2) is 84.1 Å². The number of fused-ring (bicyclic) bond motifs is 5. The molecule has 3 nitrogen and oxygen atoms in total. The van der Waals surface area contributed by atoms with E-state index in [-0.39, 0.29) is 11.7 Å². The zero-order valence-electron chi connectivity index (χ0n) is 16.9. The second-order valence-corrected chi connectivity index (χ2v) is 8.25. The topological polar surface area (TPSA) is 35.5 Å². The smallest absolute Gasteiger partial charge is 0.171 e. The Morgan fingerprint density at radius 1 is 0.867 bits per heavy atom. The standard InChI is InChI=1S/C27H22O3/c1-29-18-15-13-17(14-16-18)26-25-23(28)11-6-12-24(25)30-27(26)21-9-4-2-7-19(21)20-8-3-5-10-22(20)27/h2-5,7-10,13-16,26H,6,11-12H2,1H3. The van der Waals surface area contributed by atoms with E-state index >= 15 is 0 Å². The summed E-state index contributed by atoms with van der Waals surface area (Å²) in [5, 5.41) is 0. The summed E-state index contributed by atoms with van der Waals surface area (Å²) in [7, 11) is 1.67. The Labute approximate surface area is 176 Å². The van der Waals surface area contributed by atoms with E-state index in [4.69, 9.17) is 9.47 Å². The van der Waals surface area contributed by atoms with Crippen LogP contribution in [0.1, 0.15) is 41.9 Å². The van der Waals surface area contributed by atoms with E-state index in [0.717, 1.165) is 46.6 Å². The van der Waals surface area contributed by atoms with Crippen molar-refractivity contribution in [3.8, 4) is 16.9 Å². The summed E-state index contributed by atoms with van der Waals surface area (Å²) in [5.41, 5.74) is 5.92. The van der Waals surface area contributed by atoms with E-state index < -0.39 is 5.60 Å². The van der Waals surface area contributed by atoms with Crippen molar-refractivity contribution >= 4 is 5.78 Å². The Morgan fingerprint density at radius 3 is 2.13 bits per heavy atom. The molecule has 0 amide bonds. The molecular weight excluding hydrogens is 372 g/mol. The van der Waals surface area contributed by atoms with Gasteiger partial charge in [-0.15, -0.1) is 0 Å². The van der Waals surface area contributed by atoms with Crippen LogP contribution in [0.25, 0.3) is 11.1 Å². The van der Waals surface area contributed by atoms with Gasteiger partial charge in [0.15, 0.2) is 11.4 Å². The number of allylic oxidation sites excluding steroid dienone is 1. The summed E-state index contributed by atoms with van der Waals surface area (Å²) in [6.07, 6.45) is 2.26. The van der Waals surface area contributed by atoms with Crippen LogP contribution in [0.2, 0.25) is 0 Å². The molecule has 1 atom stereocenters. The number of ketones is 1. The third-order valence-corrected chi connectivity index (χ3v) is 6.78. The van der Waals surface area contributed by atoms with Crippen molar-refractivity contribution in [2.24, 2.45) is 0 Å². The number of methoxy groups -OCH3 is 1. The van der Waals surface area contributed by atoms with Crippen LogP contribution in [0.5, 0.6) is 5.75 Å². The van der Waals surface area contributed by atoms with Crippen LogP contribution in [0.3, 0.4) is 0 Å². The Hall–Kier alpha value is -3.33. The van der Waals surface area contributed by atoms with E-state index in [1.165, 1.54) is 11.1 Å². The van der Waals surface area contributed by atoms with E-state index in [9.17, 15) is 4.79 Å². The summed E-state index contributed by atoms with van der Waals surface area (Å²) in [6.45, 7) is 0. The Bertz CT molecular complexity index is 1160. The van der Waals surface area contributed by atoms with Gasteiger partial charge in [-0.2, -0.15) is 0 Å². The van der Waals surface area contributed by atoms with Gasteiger partial charge in [0.1, 0.15) is 11.5 Å². The minimum Gasteiger partial charge on any atom is -0.497 e. The van der Waals surface area contributed by atoms with Gasteiger partial charge in [-0.05, 0) is 35.2 Å². The first-order valence-corrected chi connectivity index (χ1v) is 10.5. The average Bonchev–Trinajstić information content (AvgIpc) is 3.29. The van der Waals surface area contributed by atoms with Gasteiger partial charge in [0.05, 0.1) is 13.0 Å². The molecule has 3 aromatic rings. The number of rotatable bonds is 2. The summed E-state index contributed by atoms with van der Waals surface area (Å²) < 4.78 is 12.3. The van der Waals surface area contributed by atoms with Crippen molar-refractivity contribution in [2.75, 3.05) is 7.11 Å². The predicted octanol–water partition coefficient (Wildman–Crippen LogP) is 5.74. The molecule has 1 unspecified atom stereocenters. The zero-order valence-corrected chi connectivity index (χ0v) is 16.9.